The third-order valence-corrected chi connectivity index (χ3v) is 4.44. The number of piperidine rings is 1. The minimum Gasteiger partial charge on any atom is -0.319 e. The first-order chi connectivity index (χ1) is 9.74. The van der Waals surface area contributed by atoms with Crippen LogP contribution in [0, 0.1) is 5.92 Å². The molecule has 1 N–H and O–H groups in total. The summed E-state index contributed by atoms with van der Waals surface area (Å²) in [5.41, 5.74) is 1.25. The van der Waals surface area contributed by atoms with Gasteiger partial charge < -0.3 is 10.2 Å². The van der Waals surface area contributed by atoms with Gasteiger partial charge in [-0.1, -0.05) is 6.08 Å². The zero-order chi connectivity index (χ0) is 14.4. The zero-order valence-corrected chi connectivity index (χ0v) is 13.0. The molecule has 0 aromatic carbocycles. The largest absolute Gasteiger partial charge is 0.319 e. The van der Waals surface area contributed by atoms with Crippen molar-refractivity contribution < 1.29 is 4.79 Å². The van der Waals surface area contributed by atoms with E-state index in [9.17, 15) is 4.79 Å². The van der Waals surface area contributed by atoms with Crippen LogP contribution >= 0.6 is 0 Å². The average molecular weight is 279 g/mol. The molecule has 0 aromatic rings. The van der Waals surface area contributed by atoms with Gasteiger partial charge in [-0.15, -0.1) is 0 Å². The summed E-state index contributed by atoms with van der Waals surface area (Å²) < 4.78 is 0. The van der Waals surface area contributed by atoms with E-state index in [2.05, 4.69) is 23.2 Å². The van der Waals surface area contributed by atoms with Crippen LogP contribution in [0.15, 0.2) is 11.8 Å². The van der Waals surface area contributed by atoms with E-state index in [-0.39, 0.29) is 5.91 Å². The monoisotopic (exact) mass is 279 g/mol. The van der Waals surface area contributed by atoms with Crippen molar-refractivity contribution in [2.75, 3.05) is 39.8 Å². The molecule has 1 heterocycles. The maximum absolute atomic E-state index is 12.5. The van der Waals surface area contributed by atoms with Gasteiger partial charge in [0.2, 0.25) is 5.91 Å². The van der Waals surface area contributed by atoms with Gasteiger partial charge in [-0.05, 0) is 65.1 Å². The van der Waals surface area contributed by atoms with Gasteiger partial charge in [0.15, 0.2) is 0 Å². The lowest BCUT2D eigenvalue weighted by Gasteiger charge is -2.33. The van der Waals surface area contributed by atoms with E-state index in [0.29, 0.717) is 12.5 Å². The summed E-state index contributed by atoms with van der Waals surface area (Å²) in [6.07, 6.45) is 8.14. The van der Waals surface area contributed by atoms with Gasteiger partial charge in [0, 0.05) is 18.8 Å². The fourth-order valence-corrected chi connectivity index (χ4v) is 3.47. The molecule has 1 aliphatic carbocycles. The highest BCUT2D eigenvalue weighted by Crippen LogP contribution is 2.22. The Morgan fingerprint density at radius 1 is 1.50 bits per heavy atom. The molecular formula is C16H29N3O. The van der Waals surface area contributed by atoms with Crippen LogP contribution in [0.3, 0.4) is 0 Å². The molecule has 1 fully saturated rings. The number of allylic oxidation sites excluding steroid dienone is 2. The lowest BCUT2D eigenvalue weighted by atomic mass is 9.98. The predicted octanol–water partition coefficient (Wildman–Crippen LogP) is 1.83. The molecule has 1 unspecified atom stereocenters. The summed E-state index contributed by atoms with van der Waals surface area (Å²) >= 11 is 0. The second kappa shape index (κ2) is 7.79. The third kappa shape index (κ3) is 4.06. The van der Waals surface area contributed by atoms with Gasteiger partial charge in [-0.25, -0.2) is 0 Å². The molecule has 4 heteroatoms. The van der Waals surface area contributed by atoms with E-state index in [1.165, 1.54) is 25.0 Å². The number of carbonyl (C=O) groups excluding carboxylic acids is 1. The molecule has 20 heavy (non-hydrogen) atoms. The minimum atomic E-state index is 0.283. The van der Waals surface area contributed by atoms with Crippen molar-refractivity contribution in [3.63, 3.8) is 0 Å². The maximum atomic E-state index is 12.5. The molecule has 0 bridgehead atoms. The molecule has 2 rings (SSSR count). The number of likely N-dealkylation sites (N-methyl/N-ethyl adjacent to an activating group) is 1. The molecule has 2 aliphatic rings. The lowest BCUT2D eigenvalue weighted by Crippen LogP contribution is -2.45. The summed E-state index contributed by atoms with van der Waals surface area (Å²) in [5.74, 6) is 0.980. The van der Waals surface area contributed by atoms with Gasteiger partial charge in [0.25, 0.3) is 0 Å². The van der Waals surface area contributed by atoms with E-state index in [1.54, 1.807) is 0 Å². The average Bonchev–Trinajstić information content (AvgIpc) is 2.94. The number of amides is 1. The molecule has 4 nitrogen and oxygen atoms in total. The topological polar surface area (TPSA) is 35.6 Å². The molecular weight excluding hydrogens is 250 g/mol. The van der Waals surface area contributed by atoms with E-state index >= 15 is 0 Å². The summed E-state index contributed by atoms with van der Waals surface area (Å²) in [4.78, 5) is 16.9. The Morgan fingerprint density at radius 3 is 3.00 bits per heavy atom. The molecule has 1 amide bonds. The van der Waals surface area contributed by atoms with Crippen LogP contribution < -0.4 is 5.32 Å². The predicted molar refractivity (Wildman–Crippen MR) is 82.4 cm³/mol. The number of nitrogens with zero attached hydrogens (tertiary/aromatic N) is 2. The Labute approximate surface area is 123 Å². The molecule has 0 aromatic heterocycles. The van der Waals surface area contributed by atoms with Gasteiger partial charge in [0.1, 0.15) is 0 Å². The van der Waals surface area contributed by atoms with Crippen LogP contribution in [-0.4, -0.2) is 55.5 Å². The molecule has 0 spiro atoms. The number of likely N-dealkylation sites (tertiary alicyclic amines) is 1. The van der Waals surface area contributed by atoms with E-state index in [1.807, 2.05) is 11.9 Å². The van der Waals surface area contributed by atoms with Gasteiger partial charge in [-0.3, -0.25) is 9.69 Å². The minimum absolute atomic E-state index is 0.283. The van der Waals surface area contributed by atoms with Crippen LogP contribution in [0.4, 0.5) is 0 Å². The first-order valence-corrected chi connectivity index (χ1v) is 8.11. The van der Waals surface area contributed by atoms with Gasteiger partial charge in [0.05, 0.1) is 6.54 Å². The smallest absolute Gasteiger partial charge is 0.240 e. The van der Waals surface area contributed by atoms with Gasteiger partial charge >= 0.3 is 0 Å². The van der Waals surface area contributed by atoms with Gasteiger partial charge in [-0.2, -0.15) is 0 Å². The number of rotatable bonds is 6. The molecule has 1 aliphatic heterocycles. The van der Waals surface area contributed by atoms with E-state index in [0.717, 1.165) is 39.0 Å². The fraction of sp³-hybridized carbons (Fsp3) is 0.812. The standard InChI is InChI=1S/C16H29N3O/c1-3-19(15-8-4-5-9-15)16(20)13-18-10-6-7-14(12-18)11-17-2/h8,14,17H,3-7,9-13H2,1-2H3. The van der Waals surface area contributed by atoms with Crippen LogP contribution in [0.1, 0.15) is 39.0 Å². The molecule has 1 saturated heterocycles. The van der Waals surface area contributed by atoms with Crippen LogP contribution in [0.5, 0.6) is 0 Å². The molecule has 0 saturated carbocycles. The lowest BCUT2D eigenvalue weighted by molar-refractivity contribution is -0.130. The third-order valence-electron chi connectivity index (χ3n) is 4.44. The molecule has 0 radical (unpaired) electrons. The summed E-state index contributed by atoms with van der Waals surface area (Å²) in [5, 5.41) is 3.26. The maximum Gasteiger partial charge on any atom is 0.240 e. The zero-order valence-electron chi connectivity index (χ0n) is 13.0. The highest BCUT2D eigenvalue weighted by atomic mass is 16.2. The van der Waals surface area contributed by atoms with E-state index < -0.39 is 0 Å². The summed E-state index contributed by atoms with van der Waals surface area (Å²) in [6, 6.07) is 0. The van der Waals surface area contributed by atoms with Crippen LogP contribution in [-0.2, 0) is 4.79 Å². The van der Waals surface area contributed by atoms with E-state index in [4.69, 9.17) is 0 Å². The quantitative estimate of drug-likeness (QED) is 0.806. The number of hydrogen-bond acceptors (Lipinski definition) is 3. The Bertz CT molecular complexity index is 352. The van der Waals surface area contributed by atoms with Crippen molar-refractivity contribution in [3.8, 4) is 0 Å². The molecule has 114 valence electrons. The Morgan fingerprint density at radius 2 is 2.35 bits per heavy atom. The first-order valence-electron chi connectivity index (χ1n) is 8.11. The summed E-state index contributed by atoms with van der Waals surface area (Å²) in [7, 11) is 2.01. The highest BCUT2D eigenvalue weighted by Gasteiger charge is 2.24. The Hall–Kier alpha value is -0.870. The fourth-order valence-electron chi connectivity index (χ4n) is 3.47. The van der Waals surface area contributed by atoms with Crippen molar-refractivity contribution >= 4 is 5.91 Å². The Balaban J connectivity index is 1.86. The summed E-state index contributed by atoms with van der Waals surface area (Å²) in [6.45, 7) is 6.67. The molecule has 1 atom stereocenters. The second-order valence-electron chi connectivity index (χ2n) is 6.03. The van der Waals surface area contributed by atoms with Crippen LogP contribution in [0.25, 0.3) is 0 Å². The number of hydrogen-bond donors (Lipinski definition) is 1. The second-order valence-corrected chi connectivity index (χ2v) is 6.03. The van der Waals surface area contributed by atoms with Crippen molar-refractivity contribution in [1.82, 2.24) is 15.1 Å². The van der Waals surface area contributed by atoms with Crippen molar-refractivity contribution in [2.24, 2.45) is 5.92 Å². The van der Waals surface area contributed by atoms with Crippen molar-refractivity contribution in [1.29, 1.82) is 0 Å². The normalized spacial score (nSPS) is 23.7. The van der Waals surface area contributed by atoms with Crippen molar-refractivity contribution in [3.05, 3.63) is 11.8 Å². The van der Waals surface area contributed by atoms with Crippen LogP contribution in [0.2, 0.25) is 0 Å². The Kier molecular flexibility index (Phi) is 6.05. The number of carbonyl (C=O) groups is 1. The SMILES string of the molecule is CCN(C(=O)CN1CCCC(CNC)C1)C1=CCCC1. The first kappa shape index (κ1) is 15.5. The number of nitrogens with one attached hydrogen (secondary N) is 1. The van der Waals surface area contributed by atoms with Crippen molar-refractivity contribution in [2.45, 2.75) is 39.0 Å². The highest BCUT2D eigenvalue weighted by molar-refractivity contribution is 5.80.